The summed E-state index contributed by atoms with van der Waals surface area (Å²) in [5.74, 6) is 0. The molecule has 0 amide bonds. The second-order valence-electron chi connectivity index (χ2n) is 1.20. The van der Waals surface area contributed by atoms with Gasteiger partial charge < -0.3 is 0 Å². The topological polar surface area (TPSA) is 70.0 Å². The number of nitriles is 1. The van der Waals surface area contributed by atoms with Gasteiger partial charge in [0, 0.05) is 0 Å². The molecule has 6 heteroatoms. The average Bonchev–Trinajstić information content (AvgIpc) is 1.84. The molecule has 4 nitrogen and oxygen atoms in total. The lowest BCUT2D eigenvalue weighted by atomic mass is 10.8. The normalized spacial score (nSPS) is 10.7. The van der Waals surface area contributed by atoms with E-state index in [2.05, 4.69) is 15.9 Å². The van der Waals surface area contributed by atoms with Crippen molar-refractivity contribution in [1.29, 1.82) is 5.26 Å². The van der Waals surface area contributed by atoms with Crippen molar-refractivity contribution < 1.29 is 8.42 Å². The van der Waals surface area contributed by atoms with Crippen molar-refractivity contribution in [3.05, 3.63) is 0 Å². The molecule has 9 heavy (non-hydrogen) atoms. The van der Waals surface area contributed by atoms with Crippen LogP contribution in [0.4, 0.5) is 0 Å². The van der Waals surface area contributed by atoms with Gasteiger partial charge in [0.15, 0.2) is 0 Å². The van der Waals surface area contributed by atoms with E-state index in [1.165, 1.54) is 0 Å². The first-order valence-corrected chi connectivity index (χ1v) is 4.80. The summed E-state index contributed by atoms with van der Waals surface area (Å²) >= 11 is 2.74. The zero-order chi connectivity index (χ0) is 7.33. The molecular formula is C3H5BrN2O2S. The number of hydrogen-bond acceptors (Lipinski definition) is 3. The molecule has 0 aliphatic rings. The third kappa shape index (κ3) is 4.39. The van der Waals surface area contributed by atoms with E-state index in [1.807, 2.05) is 4.72 Å². The van der Waals surface area contributed by atoms with Gasteiger partial charge in [-0.15, -0.1) is 0 Å². The lowest BCUT2D eigenvalue weighted by molar-refractivity contribution is 0.591. The third-order valence-electron chi connectivity index (χ3n) is 0.515. The Morgan fingerprint density at radius 2 is 2.22 bits per heavy atom. The van der Waals surface area contributed by atoms with Crippen LogP contribution in [0.5, 0.6) is 0 Å². The molecule has 0 spiro atoms. The summed E-state index contributed by atoms with van der Waals surface area (Å²) in [7, 11) is -3.24. The number of rotatable bonds is 3. The molecule has 0 heterocycles. The molecule has 0 radical (unpaired) electrons. The minimum Gasteiger partial charge on any atom is -0.212 e. The Balaban J connectivity index is 3.78. The van der Waals surface area contributed by atoms with E-state index < -0.39 is 10.0 Å². The van der Waals surface area contributed by atoms with Crippen LogP contribution in [0.1, 0.15) is 0 Å². The Labute approximate surface area is 62.0 Å². The molecule has 0 atom stereocenters. The van der Waals surface area contributed by atoms with Gasteiger partial charge in [-0.05, 0) is 0 Å². The van der Waals surface area contributed by atoms with Crippen LogP contribution in [-0.2, 0) is 10.0 Å². The van der Waals surface area contributed by atoms with Crippen molar-refractivity contribution in [3.8, 4) is 6.07 Å². The minimum absolute atomic E-state index is 0.165. The van der Waals surface area contributed by atoms with E-state index in [0.29, 0.717) is 0 Å². The number of sulfonamides is 1. The molecule has 0 aromatic rings. The molecule has 0 unspecified atom stereocenters. The van der Waals surface area contributed by atoms with Crippen molar-refractivity contribution >= 4 is 26.0 Å². The van der Waals surface area contributed by atoms with Gasteiger partial charge in [-0.2, -0.15) is 5.26 Å². The van der Waals surface area contributed by atoms with Gasteiger partial charge in [-0.1, -0.05) is 15.9 Å². The van der Waals surface area contributed by atoms with Crippen molar-refractivity contribution in [2.24, 2.45) is 0 Å². The predicted molar refractivity (Wildman–Crippen MR) is 36.3 cm³/mol. The second-order valence-corrected chi connectivity index (χ2v) is 4.31. The average molecular weight is 213 g/mol. The lowest BCUT2D eigenvalue weighted by Gasteiger charge is -1.94. The first-order valence-electron chi connectivity index (χ1n) is 2.02. The lowest BCUT2D eigenvalue weighted by Crippen LogP contribution is -2.24. The summed E-state index contributed by atoms with van der Waals surface area (Å²) in [6, 6.07) is 1.65. The Hall–Kier alpha value is -0.120. The fourth-order valence-corrected chi connectivity index (χ4v) is 1.03. The summed E-state index contributed by atoms with van der Waals surface area (Å²) in [5.41, 5.74) is 0. The molecule has 1 N–H and O–H groups in total. The van der Waals surface area contributed by atoms with Crippen molar-refractivity contribution in [1.82, 2.24) is 4.72 Å². The van der Waals surface area contributed by atoms with Crippen LogP contribution in [0, 0.1) is 11.3 Å². The maximum Gasteiger partial charge on any atom is 0.222 e. The molecule has 0 aliphatic heterocycles. The zero-order valence-corrected chi connectivity index (χ0v) is 6.87. The van der Waals surface area contributed by atoms with Crippen molar-refractivity contribution in [3.63, 3.8) is 0 Å². The molecule has 0 bridgehead atoms. The molecule has 0 fully saturated rings. The molecule has 0 saturated carbocycles. The molecule has 0 aliphatic carbocycles. The number of hydrogen-bond donors (Lipinski definition) is 1. The maximum absolute atomic E-state index is 10.4. The highest BCUT2D eigenvalue weighted by molar-refractivity contribution is 9.10. The molecular weight excluding hydrogens is 208 g/mol. The van der Waals surface area contributed by atoms with E-state index in [9.17, 15) is 8.42 Å². The van der Waals surface area contributed by atoms with Gasteiger partial charge in [0.2, 0.25) is 10.0 Å². The third-order valence-corrected chi connectivity index (χ3v) is 3.19. The van der Waals surface area contributed by atoms with Gasteiger partial charge in [0.05, 0.1) is 12.6 Å². The number of nitrogens with zero attached hydrogens (tertiary/aromatic N) is 1. The van der Waals surface area contributed by atoms with Gasteiger partial charge in [0.25, 0.3) is 0 Å². The summed E-state index contributed by atoms with van der Waals surface area (Å²) in [6.07, 6.45) is 0. The SMILES string of the molecule is N#CCNS(=O)(=O)CBr. The monoisotopic (exact) mass is 212 g/mol. The molecule has 52 valence electrons. The van der Waals surface area contributed by atoms with Crippen LogP contribution in [0.2, 0.25) is 0 Å². The molecule has 0 rings (SSSR count). The highest BCUT2D eigenvalue weighted by Gasteiger charge is 2.03. The number of halogens is 1. The van der Waals surface area contributed by atoms with E-state index >= 15 is 0 Å². The minimum atomic E-state index is -3.24. The second kappa shape index (κ2) is 3.82. The quantitative estimate of drug-likeness (QED) is 0.520. The van der Waals surface area contributed by atoms with Crippen LogP contribution in [0.15, 0.2) is 0 Å². The van der Waals surface area contributed by atoms with E-state index in [0.717, 1.165) is 0 Å². The highest BCUT2D eigenvalue weighted by Crippen LogP contribution is 1.88. The Kier molecular flexibility index (Phi) is 3.77. The smallest absolute Gasteiger partial charge is 0.212 e. The number of nitrogens with one attached hydrogen (secondary N) is 1. The Morgan fingerprint density at radius 1 is 1.67 bits per heavy atom. The Bertz CT molecular complexity index is 204. The van der Waals surface area contributed by atoms with Gasteiger partial charge in [-0.3, -0.25) is 0 Å². The van der Waals surface area contributed by atoms with Crippen molar-refractivity contribution in [2.45, 2.75) is 0 Å². The van der Waals surface area contributed by atoms with Crippen LogP contribution in [0.25, 0.3) is 0 Å². The first-order chi connectivity index (χ1) is 4.12. The molecule has 0 aromatic carbocycles. The number of alkyl halides is 1. The fraction of sp³-hybridized carbons (Fsp3) is 0.667. The van der Waals surface area contributed by atoms with E-state index in [-0.39, 0.29) is 11.2 Å². The zero-order valence-electron chi connectivity index (χ0n) is 4.46. The summed E-state index contributed by atoms with van der Waals surface area (Å²) < 4.78 is 22.8. The van der Waals surface area contributed by atoms with Crippen molar-refractivity contribution in [2.75, 3.05) is 11.2 Å². The van der Waals surface area contributed by atoms with Crippen LogP contribution in [0.3, 0.4) is 0 Å². The van der Waals surface area contributed by atoms with E-state index in [4.69, 9.17) is 5.26 Å². The maximum atomic E-state index is 10.4. The first kappa shape index (κ1) is 8.88. The molecule has 0 aromatic heterocycles. The fourth-order valence-electron chi connectivity index (χ4n) is 0.181. The van der Waals surface area contributed by atoms with Gasteiger partial charge in [-0.25, -0.2) is 13.1 Å². The summed E-state index contributed by atoms with van der Waals surface area (Å²) in [5, 5.41) is 7.93. The largest absolute Gasteiger partial charge is 0.222 e. The van der Waals surface area contributed by atoms with Gasteiger partial charge >= 0.3 is 0 Å². The Morgan fingerprint density at radius 3 is 2.56 bits per heavy atom. The predicted octanol–water partition coefficient (Wildman–Crippen LogP) is -0.218. The van der Waals surface area contributed by atoms with Crippen LogP contribution < -0.4 is 4.72 Å². The van der Waals surface area contributed by atoms with Crippen LogP contribution in [-0.4, -0.2) is 19.6 Å². The highest BCUT2D eigenvalue weighted by atomic mass is 79.9. The standard InChI is InChI=1S/C3H5BrN2O2S/c4-3-9(7,8)6-2-1-5/h6H,2-3H2. The van der Waals surface area contributed by atoms with E-state index in [1.54, 1.807) is 6.07 Å². The van der Waals surface area contributed by atoms with Gasteiger partial charge in [0.1, 0.15) is 4.66 Å². The molecule has 0 saturated heterocycles. The summed E-state index contributed by atoms with van der Waals surface area (Å²) in [6.45, 7) is -0.173. The van der Waals surface area contributed by atoms with Crippen LogP contribution >= 0.6 is 15.9 Å². The summed E-state index contributed by atoms with van der Waals surface area (Å²) in [4.78, 5) is 0.